The molecule has 1 unspecified atom stereocenters. The summed E-state index contributed by atoms with van der Waals surface area (Å²) in [5, 5.41) is 10.5. The molecule has 0 radical (unpaired) electrons. The fourth-order valence-electron chi connectivity index (χ4n) is 3.55. The Morgan fingerprint density at radius 3 is 3.04 bits per heavy atom. The van der Waals surface area contributed by atoms with Crippen molar-refractivity contribution in [2.75, 3.05) is 26.2 Å². The lowest BCUT2D eigenvalue weighted by Crippen LogP contribution is -2.39. The van der Waals surface area contributed by atoms with Crippen LogP contribution in [0.1, 0.15) is 46.7 Å². The van der Waals surface area contributed by atoms with E-state index in [1.807, 2.05) is 18.0 Å². The number of rotatable bonds is 2. The highest BCUT2D eigenvalue weighted by Crippen LogP contribution is 2.25. The van der Waals surface area contributed by atoms with Crippen molar-refractivity contribution in [3.63, 3.8) is 0 Å². The number of piperidine rings is 1. The van der Waals surface area contributed by atoms with Crippen LogP contribution in [0.25, 0.3) is 0 Å². The van der Waals surface area contributed by atoms with E-state index < -0.39 is 0 Å². The third-order valence-corrected chi connectivity index (χ3v) is 4.82. The van der Waals surface area contributed by atoms with E-state index in [2.05, 4.69) is 30.0 Å². The number of nitrogens with one attached hydrogen (secondary N) is 2. The molecule has 8 heteroatoms. The van der Waals surface area contributed by atoms with Crippen LogP contribution >= 0.6 is 0 Å². The van der Waals surface area contributed by atoms with Gasteiger partial charge in [-0.3, -0.25) is 9.89 Å². The van der Waals surface area contributed by atoms with Crippen LogP contribution in [0.3, 0.4) is 0 Å². The maximum Gasteiger partial charge on any atom is 0.274 e. The van der Waals surface area contributed by atoms with Crippen LogP contribution in [0.5, 0.6) is 0 Å². The van der Waals surface area contributed by atoms with Gasteiger partial charge in [0.1, 0.15) is 17.3 Å². The summed E-state index contributed by atoms with van der Waals surface area (Å²) in [5.41, 5.74) is 0.568. The molecule has 1 atom stereocenters. The molecule has 2 aromatic rings. The molecular formula is C16H23N7O. The van der Waals surface area contributed by atoms with Crippen LogP contribution in [-0.4, -0.2) is 61.7 Å². The number of fused-ring (bicyclic) bond motifs is 1. The van der Waals surface area contributed by atoms with E-state index in [1.165, 1.54) is 0 Å². The van der Waals surface area contributed by atoms with Gasteiger partial charge < -0.3 is 14.8 Å². The zero-order valence-electron chi connectivity index (χ0n) is 14.0. The number of hydrogen-bond acceptors (Lipinski definition) is 5. The monoisotopic (exact) mass is 329 g/mol. The average Bonchev–Trinajstić information content (AvgIpc) is 3.15. The molecule has 2 aromatic heterocycles. The van der Waals surface area contributed by atoms with Crippen LogP contribution in [0.2, 0.25) is 0 Å². The van der Waals surface area contributed by atoms with Crippen molar-refractivity contribution in [2.45, 2.75) is 38.6 Å². The molecule has 1 fully saturated rings. The van der Waals surface area contributed by atoms with Crippen LogP contribution in [0.15, 0.2) is 6.20 Å². The summed E-state index contributed by atoms with van der Waals surface area (Å²) in [7, 11) is 0. The first-order valence-electron chi connectivity index (χ1n) is 8.65. The van der Waals surface area contributed by atoms with Gasteiger partial charge in [-0.05, 0) is 19.8 Å². The van der Waals surface area contributed by atoms with E-state index in [0.29, 0.717) is 12.2 Å². The van der Waals surface area contributed by atoms with Gasteiger partial charge in [-0.2, -0.15) is 5.10 Å². The van der Waals surface area contributed by atoms with Crippen LogP contribution in [0.4, 0.5) is 0 Å². The van der Waals surface area contributed by atoms with E-state index in [-0.39, 0.29) is 11.8 Å². The topological polar surface area (TPSA) is 91.7 Å². The molecule has 2 aliphatic rings. The maximum absolute atomic E-state index is 12.9. The number of H-pyrrole nitrogens is 1. The van der Waals surface area contributed by atoms with E-state index in [0.717, 1.165) is 62.9 Å². The first-order chi connectivity index (χ1) is 11.7. The Labute approximate surface area is 140 Å². The molecule has 24 heavy (non-hydrogen) atoms. The van der Waals surface area contributed by atoms with Gasteiger partial charge in [-0.15, -0.1) is 0 Å². The number of carbonyl (C=O) groups excluding carboxylic acids is 1. The third-order valence-electron chi connectivity index (χ3n) is 4.82. The summed E-state index contributed by atoms with van der Waals surface area (Å²) < 4.78 is 2.10. The van der Waals surface area contributed by atoms with Crippen molar-refractivity contribution in [2.24, 2.45) is 0 Å². The molecule has 2 N–H and O–H groups in total. The van der Waals surface area contributed by atoms with Gasteiger partial charge in [0, 0.05) is 51.3 Å². The summed E-state index contributed by atoms with van der Waals surface area (Å²) in [5.74, 6) is 2.87. The lowest BCUT2D eigenvalue weighted by molar-refractivity contribution is 0.0699. The smallest absolute Gasteiger partial charge is 0.274 e. The summed E-state index contributed by atoms with van der Waals surface area (Å²) in [6.45, 7) is 6.06. The van der Waals surface area contributed by atoms with Crippen molar-refractivity contribution < 1.29 is 4.79 Å². The van der Waals surface area contributed by atoms with Crippen molar-refractivity contribution in [1.82, 2.24) is 34.9 Å². The summed E-state index contributed by atoms with van der Waals surface area (Å²) in [6.07, 6.45) is 4.77. The van der Waals surface area contributed by atoms with E-state index in [1.54, 1.807) is 0 Å². The molecular weight excluding hydrogens is 306 g/mol. The van der Waals surface area contributed by atoms with Gasteiger partial charge in [0.25, 0.3) is 5.91 Å². The summed E-state index contributed by atoms with van der Waals surface area (Å²) in [4.78, 5) is 23.8. The van der Waals surface area contributed by atoms with Crippen molar-refractivity contribution in [1.29, 1.82) is 0 Å². The Kier molecular flexibility index (Phi) is 4.05. The Hall–Kier alpha value is -2.22. The zero-order chi connectivity index (χ0) is 16.5. The molecule has 1 amide bonds. The first kappa shape index (κ1) is 15.3. The molecule has 0 aromatic carbocycles. The third kappa shape index (κ3) is 2.93. The van der Waals surface area contributed by atoms with Crippen molar-refractivity contribution in [3.8, 4) is 0 Å². The predicted molar refractivity (Wildman–Crippen MR) is 87.8 cm³/mol. The van der Waals surface area contributed by atoms with Crippen molar-refractivity contribution >= 4 is 5.91 Å². The molecule has 0 spiro atoms. The number of imidazole rings is 1. The Morgan fingerprint density at radius 2 is 2.21 bits per heavy atom. The minimum absolute atomic E-state index is 0.0282. The van der Waals surface area contributed by atoms with Gasteiger partial charge in [-0.1, -0.05) is 0 Å². The van der Waals surface area contributed by atoms with Crippen molar-refractivity contribution in [3.05, 3.63) is 29.4 Å². The minimum Gasteiger partial charge on any atom is -0.337 e. The number of likely N-dealkylation sites (tertiary alicyclic amines) is 1. The summed E-state index contributed by atoms with van der Waals surface area (Å²) >= 11 is 0. The zero-order valence-corrected chi connectivity index (χ0v) is 14.0. The fourth-order valence-corrected chi connectivity index (χ4v) is 3.55. The van der Waals surface area contributed by atoms with Gasteiger partial charge in [0.2, 0.25) is 0 Å². The number of aromatic nitrogens is 5. The van der Waals surface area contributed by atoms with Crippen LogP contribution in [0, 0.1) is 6.92 Å². The summed E-state index contributed by atoms with van der Waals surface area (Å²) in [6, 6.07) is 0. The number of carbonyl (C=O) groups is 1. The Balaban J connectivity index is 1.49. The molecule has 1 saturated heterocycles. The average molecular weight is 329 g/mol. The number of nitrogens with zero attached hydrogens (tertiary/aromatic N) is 5. The molecule has 4 heterocycles. The van der Waals surface area contributed by atoms with Gasteiger partial charge in [0.15, 0.2) is 5.82 Å². The highest BCUT2D eigenvalue weighted by molar-refractivity contribution is 5.92. The van der Waals surface area contributed by atoms with E-state index in [9.17, 15) is 4.79 Å². The second-order valence-electron chi connectivity index (χ2n) is 6.61. The number of hydrogen-bond donors (Lipinski definition) is 2. The molecule has 0 bridgehead atoms. The van der Waals surface area contributed by atoms with E-state index in [4.69, 9.17) is 0 Å². The molecule has 0 aliphatic carbocycles. The lowest BCUT2D eigenvalue weighted by Gasteiger charge is -2.30. The van der Waals surface area contributed by atoms with Gasteiger partial charge in [-0.25, -0.2) is 9.97 Å². The normalized spacial score (nSPS) is 21.4. The Bertz CT molecular complexity index is 711. The van der Waals surface area contributed by atoms with Crippen LogP contribution in [-0.2, 0) is 13.0 Å². The van der Waals surface area contributed by atoms with Crippen LogP contribution < -0.4 is 5.32 Å². The second-order valence-corrected chi connectivity index (χ2v) is 6.61. The fraction of sp³-hybridized carbons (Fsp3) is 0.625. The highest BCUT2D eigenvalue weighted by atomic mass is 16.2. The molecule has 2 aliphatic heterocycles. The standard InChI is InChI=1S/C16H23N7O/c1-11-18-15(21-20-11)12-3-2-7-23(9-12)16(24)13-10-22-8-6-17-5-4-14(22)19-13/h10,12,17H,2-9H2,1H3,(H,18,20,21). The molecule has 8 nitrogen and oxygen atoms in total. The predicted octanol–water partition coefficient (Wildman–Crippen LogP) is 0.475. The largest absolute Gasteiger partial charge is 0.337 e. The SMILES string of the molecule is Cc1nc(C2CCCN(C(=O)c3cn4c(n3)CCNCC4)C2)n[nH]1. The number of aromatic amines is 1. The van der Waals surface area contributed by atoms with Gasteiger partial charge in [0.05, 0.1) is 0 Å². The molecule has 128 valence electrons. The van der Waals surface area contributed by atoms with Gasteiger partial charge >= 0.3 is 0 Å². The maximum atomic E-state index is 12.9. The number of amides is 1. The second kappa shape index (κ2) is 6.35. The molecule has 4 rings (SSSR count). The lowest BCUT2D eigenvalue weighted by atomic mass is 9.97. The Morgan fingerprint density at radius 1 is 1.29 bits per heavy atom. The molecule has 0 saturated carbocycles. The quantitative estimate of drug-likeness (QED) is 0.836. The highest BCUT2D eigenvalue weighted by Gasteiger charge is 2.29. The number of aryl methyl sites for hydroxylation is 1. The van der Waals surface area contributed by atoms with E-state index >= 15 is 0 Å². The first-order valence-corrected chi connectivity index (χ1v) is 8.65. The minimum atomic E-state index is 0.0282.